The van der Waals surface area contributed by atoms with E-state index in [1.165, 1.54) is 0 Å². The third kappa shape index (κ3) is 10.5. The van der Waals surface area contributed by atoms with E-state index in [4.69, 9.17) is 23.2 Å². The molecule has 2 heterocycles. The first-order valence-corrected chi connectivity index (χ1v) is 13.4. The molecule has 0 unspecified atom stereocenters. The van der Waals surface area contributed by atoms with Gasteiger partial charge in [0.05, 0.1) is 12.2 Å². The van der Waals surface area contributed by atoms with Crippen molar-refractivity contribution in [2.45, 2.75) is 40.2 Å². The first-order valence-electron chi connectivity index (χ1n) is 12.6. The molecule has 1 amide bonds. The van der Waals surface area contributed by atoms with Gasteiger partial charge in [-0.2, -0.15) is 4.98 Å². The zero-order valence-corrected chi connectivity index (χ0v) is 23.5. The number of benzene rings is 1. The molecule has 0 saturated carbocycles. The van der Waals surface area contributed by atoms with E-state index in [0.29, 0.717) is 35.6 Å². The molecule has 0 spiro atoms. The topological polar surface area (TPSA) is 91.8 Å². The van der Waals surface area contributed by atoms with Crippen LogP contribution in [0.25, 0.3) is 11.3 Å². The van der Waals surface area contributed by atoms with Crippen LogP contribution in [0.2, 0.25) is 5.02 Å². The van der Waals surface area contributed by atoms with Crippen LogP contribution in [0, 0.1) is 5.92 Å². The number of carbonyl (C=O) groups is 1. The van der Waals surface area contributed by atoms with Crippen molar-refractivity contribution in [3.8, 4) is 11.3 Å². The maximum absolute atomic E-state index is 12.4. The van der Waals surface area contributed by atoms with Gasteiger partial charge in [0.2, 0.25) is 11.9 Å². The lowest BCUT2D eigenvalue weighted by Crippen LogP contribution is -2.29. The highest BCUT2D eigenvalue weighted by molar-refractivity contribution is 6.30. The summed E-state index contributed by atoms with van der Waals surface area (Å²) in [5, 5.41) is 10.7. The average molecular weight is 554 g/mol. The molecule has 3 aromatic rings. The lowest BCUT2D eigenvalue weighted by atomic mass is 10.1. The van der Waals surface area contributed by atoms with Gasteiger partial charge in [-0.1, -0.05) is 62.2 Å². The third-order valence-corrected chi connectivity index (χ3v) is 5.65. The van der Waals surface area contributed by atoms with E-state index >= 15 is 0 Å². The van der Waals surface area contributed by atoms with Gasteiger partial charge in [-0.15, -0.1) is 0 Å². The number of pyridine rings is 1. The highest BCUT2D eigenvalue weighted by Gasteiger charge is 2.10. The number of aromatic nitrogens is 3. The van der Waals surface area contributed by atoms with Crippen LogP contribution in [0.5, 0.6) is 0 Å². The molecule has 1 aliphatic carbocycles. The molecule has 0 saturated heterocycles. The molecule has 4 rings (SSSR count). The summed E-state index contributed by atoms with van der Waals surface area (Å²) in [7, 11) is 0. The molecular formula is C29H34Cl2N6O. The van der Waals surface area contributed by atoms with E-state index in [-0.39, 0.29) is 12.5 Å². The van der Waals surface area contributed by atoms with Gasteiger partial charge in [-0.25, -0.2) is 4.98 Å². The fourth-order valence-corrected chi connectivity index (χ4v) is 3.72. The van der Waals surface area contributed by atoms with Crippen LogP contribution in [0.1, 0.15) is 39.2 Å². The molecule has 0 atom stereocenters. The Morgan fingerprint density at radius 3 is 2.47 bits per heavy atom. The van der Waals surface area contributed by atoms with Crippen LogP contribution in [0.4, 0.5) is 11.8 Å². The van der Waals surface area contributed by atoms with Gasteiger partial charge in [0, 0.05) is 47.2 Å². The van der Waals surface area contributed by atoms with E-state index in [9.17, 15) is 4.79 Å². The Morgan fingerprint density at radius 1 is 1.03 bits per heavy atom. The molecule has 38 heavy (non-hydrogen) atoms. The summed E-state index contributed by atoms with van der Waals surface area (Å²) < 4.78 is 0. The van der Waals surface area contributed by atoms with Crippen molar-refractivity contribution < 1.29 is 4.79 Å². The molecular weight excluding hydrogens is 519 g/mol. The summed E-state index contributed by atoms with van der Waals surface area (Å²) >= 11 is 12.1. The maximum atomic E-state index is 12.4. The fraction of sp³-hybridized carbons (Fsp3) is 0.310. The van der Waals surface area contributed by atoms with Crippen molar-refractivity contribution in [1.82, 2.24) is 20.3 Å². The quantitative estimate of drug-likeness (QED) is 0.269. The minimum absolute atomic E-state index is 0.0347. The number of carbonyl (C=O) groups excluding carboxylic acids is 1. The molecule has 200 valence electrons. The molecule has 9 heteroatoms. The smallest absolute Gasteiger partial charge is 0.239 e. The Labute approximate surface area is 234 Å². The van der Waals surface area contributed by atoms with Crippen molar-refractivity contribution in [1.29, 1.82) is 0 Å². The van der Waals surface area contributed by atoms with Crippen LogP contribution in [-0.4, -0.2) is 33.9 Å². The number of allylic oxidation sites excluding steroid dienone is 2. The predicted molar refractivity (Wildman–Crippen MR) is 157 cm³/mol. The van der Waals surface area contributed by atoms with Crippen molar-refractivity contribution in [3.63, 3.8) is 0 Å². The molecule has 0 aliphatic heterocycles. The van der Waals surface area contributed by atoms with Gasteiger partial charge < -0.3 is 16.0 Å². The molecule has 3 N–H and O–H groups in total. The highest BCUT2D eigenvalue weighted by Crippen LogP contribution is 2.23. The Kier molecular flexibility index (Phi) is 11.6. The molecule has 0 radical (unpaired) electrons. The van der Waals surface area contributed by atoms with Gasteiger partial charge in [0.1, 0.15) is 5.82 Å². The number of rotatable bonds is 9. The van der Waals surface area contributed by atoms with Gasteiger partial charge in [-0.05, 0) is 60.2 Å². The fourth-order valence-electron chi connectivity index (χ4n) is 3.35. The largest absolute Gasteiger partial charge is 0.366 e. The van der Waals surface area contributed by atoms with E-state index in [1.807, 2.05) is 36.4 Å². The van der Waals surface area contributed by atoms with Gasteiger partial charge in [0.25, 0.3) is 0 Å². The lowest BCUT2D eigenvalue weighted by Gasteiger charge is -2.13. The van der Waals surface area contributed by atoms with E-state index in [0.717, 1.165) is 40.5 Å². The number of hydrogen-bond donors (Lipinski definition) is 3. The number of anilines is 2. The molecule has 7 nitrogen and oxygen atoms in total. The summed E-state index contributed by atoms with van der Waals surface area (Å²) in [5.74, 6) is 1.64. The Bertz CT molecular complexity index is 1240. The van der Waals surface area contributed by atoms with Crippen LogP contribution in [-0.2, 0) is 11.3 Å². The zero-order valence-electron chi connectivity index (χ0n) is 22.0. The predicted octanol–water partition coefficient (Wildman–Crippen LogP) is 6.84. The van der Waals surface area contributed by atoms with Gasteiger partial charge in [-0.3, -0.25) is 9.78 Å². The van der Waals surface area contributed by atoms with Crippen molar-refractivity contribution >= 4 is 40.9 Å². The van der Waals surface area contributed by atoms with Gasteiger partial charge in [0.15, 0.2) is 0 Å². The molecule has 0 fully saturated rings. The third-order valence-electron chi connectivity index (χ3n) is 5.10. The normalized spacial score (nSPS) is 12.6. The second-order valence-corrected chi connectivity index (χ2v) is 10.4. The number of nitrogens with zero attached hydrogens (tertiary/aromatic N) is 3. The van der Waals surface area contributed by atoms with Crippen molar-refractivity contribution in [2.75, 3.05) is 23.7 Å². The van der Waals surface area contributed by atoms with Crippen LogP contribution in [0.3, 0.4) is 0 Å². The monoisotopic (exact) mass is 552 g/mol. The summed E-state index contributed by atoms with van der Waals surface area (Å²) in [5.41, 5.74) is 3.61. The van der Waals surface area contributed by atoms with Gasteiger partial charge >= 0.3 is 0 Å². The Hall–Kier alpha value is -3.42. The van der Waals surface area contributed by atoms with Crippen LogP contribution in [0.15, 0.2) is 77.6 Å². The van der Waals surface area contributed by atoms with E-state index in [2.05, 4.69) is 57.7 Å². The second-order valence-electron chi connectivity index (χ2n) is 9.46. The summed E-state index contributed by atoms with van der Waals surface area (Å²) in [4.78, 5) is 25.6. The first kappa shape index (κ1) is 29.1. The molecule has 2 aromatic heterocycles. The molecule has 1 aromatic carbocycles. The lowest BCUT2D eigenvalue weighted by molar-refractivity contribution is -0.119. The average Bonchev–Trinajstić information content (AvgIpc) is 2.90. The van der Waals surface area contributed by atoms with E-state index < -0.39 is 0 Å². The maximum Gasteiger partial charge on any atom is 0.239 e. The Balaban J connectivity index is 0.000000934. The minimum Gasteiger partial charge on any atom is -0.366 e. The number of nitrogens with one attached hydrogen (secondary N) is 3. The van der Waals surface area contributed by atoms with Crippen molar-refractivity contribution in [3.05, 3.63) is 88.2 Å². The number of amides is 1. The second kappa shape index (κ2) is 15.1. The van der Waals surface area contributed by atoms with E-state index in [1.54, 1.807) is 24.5 Å². The minimum atomic E-state index is -0.174. The number of hydrogen-bond acceptors (Lipinski definition) is 6. The highest BCUT2D eigenvalue weighted by atomic mass is 35.5. The first-order chi connectivity index (χ1) is 18.3. The summed E-state index contributed by atoms with van der Waals surface area (Å²) in [6, 6.07) is 13.0. The molecule has 0 bridgehead atoms. The Morgan fingerprint density at radius 2 is 1.79 bits per heavy atom. The van der Waals surface area contributed by atoms with Crippen LogP contribution < -0.4 is 16.0 Å². The number of halogens is 2. The SMILES string of the molecule is CC(C)C.O=C(CNc1nc(NCC2=CCCC(Cl)=C2)cc(-c2cccnc2)n1)NCc1ccc(Cl)cc1. The van der Waals surface area contributed by atoms with Crippen LogP contribution >= 0.6 is 23.2 Å². The standard InChI is InChI=1S/C25H24Cl2N6O.C4H10/c26-20-8-6-17(7-9-20)13-30-24(34)16-31-25-32-22(19-4-2-10-28-15-19)12-23(33-25)29-14-18-3-1-5-21(27)11-18;1-4(2)3/h2-4,6-12,15H,1,5,13-14,16H2,(H,30,34)(H2,29,31,32,33);4H,1-3H3. The summed E-state index contributed by atoms with van der Waals surface area (Å²) in [6.07, 6.45) is 9.38. The molecule has 1 aliphatic rings. The zero-order chi connectivity index (χ0) is 27.3. The van der Waals surface area contributed by atoms with Crippen molar-refractivity contribution in [2.24, 2.45) is 5.92 Å². The summed E-state index contributed by atoms with van der Waals surface area (Å²) in [6.45, 7) is 7.53.